The van der Waals surface area contributed by atoms with Gasteiger partial charge in [-0.15, -0.1) is 0 Å². The van der Waals surface area contributed by atoms with Gasteiger partial charge in [0.05, 0.1) is 22.2 Å². The number of rotatable bonds is 8. The lowest BCUT2D eigenvalue weighted by Crippen LogP contribution is -2.21. The number of hydrogen-bond acceptors (Lipinski definition) is 4. The van der Waals surface area contributed by atoms with Crippen molar-refractivity contribution in [3.05, 3.63) is 119 Å². The molecule has 0 radical (unpaired) electrons. The first-order chi connectivity index (χ1) is 21.7. The van der Waals surface area contributed by atoms with E-state index in [1.807, 2.05) is 0 Å². The smallest absolute Gasteiger partial charge is 0.335 e. The van der Waals surface area contributed by atoms with Crippen LogP contribution in [0.25, 0.3) is 22.4 Å². The average Bonchev–Trinajstić information content (AvgIpc) is 3.43. The maximum absolute atomic E-state index is 16.0. The lowest BCUT2D eigenvalue weighted by atomic mass is 9.94. The van der Waals surface area contributed by atoms with Crippen LogP contribution in [0.1, 0.15) is 76.1 Å². The fourth-order valence-corrected chi connectivity index (χ4v) is 6.04. The molecule has 45 heavy (non-hydrogen) atoms. The average molecular weight is 610 g/mol. The molecule has 0 aliphatic heterocycles. The molecule has 6 rings (SSSR count). The summed E-state index contributed by atoms with van der Waals surface area (Å²) in [6.07, 6.45) is 4.41. The molecule has 1 aliphatic rings. The molecular weight excluding hydrogens is 576 g/mol. The van der Waals surface area contributed by atoms with Gasteiger partial charge in [-0.1, -0.05) is 43.5 Å². The minimum atomic E-state index is -1.05. The van der Waals surface area contributed by atoms with E-state index in [2.05, 4.69) is 4.57 Å². The van der Waals surface area contributed by atoms with E-state index < -0.39 is 23.7 Å². The largest absolute Gasteiger partial charge is 0.481 e. The lowest BCUT2D eigenvalue weighted by Gasteiger charge is -2.26. The van der Waals surface area contributed by atoms with Crippen molar-refractivity contribution in [1.82, 2.24) is 14.5 Å². The molecule has 1 aromatic heterocycles. The molecule has 1 amide bonds. The second kappa shape index (κ2) is 12.5. The first-order valence-electron chi connectivity index (χ1n) is 15.0. The highest BCUT2D eigenvalue weighted by Crippen LogP contribution is 2.38. The number of carbonyl (C=O) groups excluding carboxylic acids is 1. The van der Waals surface area contributed by atoms with Gasteiger partial charge >= 0.3 is 5.97 Å². The molecule has 0 saturated heterocycles. The van der Waals surface area contributed by atoms with Gasteiger partial charge in [0.15, 0.2) is 0 Å². The zero-order valence-corrected chi connectivity index (χ0v) is 25.0. The van der Waals surface area contributed by atoms with E-state index in [0.717, 1.165) is 37.6 Å². The van der Waals surface area contributed by atoms with Crippen LogP contribution in [0.2, 0.25) is 0 Å². The number of benzene rings is 4. The fourth-order valence-electron chi connectivity index (χ4n) is 6.04. The van der Waals surface area contributed by atoms with Crippen molar-refractivity contribution >= 4 is 22.9 Å². The number of carboxylic acid groups (broad SMARTS) is 1. The van der Waals surface area contributed by atoms with Crippen molar-refractivity contribution in [2.75, 3.05) is 14.1 Å². The van der Waals surface area contributed by atoms with Gasteiger partial charge in [-0.2, -0.15) is 0 Å². The molecule has 4 aromatic carbocycles. The summed E-state index contributed by atoms with van der Waals surface area (Å²) >= 11 is 0. The van der Waals surface area contributed by atoms with Crippen LogP contribution in [-0.2, 0) is 0 Å². The highest BCUT2D eigenvalue weighted by atomic mass is 19.1. The highest BCUT2D eigenvalue weighted by molar-refractivity contribution is 5.94. The molecule has 9 heteroatoms. The third-order valence-corrected chi connectivity index (χ3v) is 8.35. The molecule has 0 bridgehead atoms. The van der Waals surface area contributed by atoms with Crippen molar-refractivity contribution in [3.8, 4) is 17.1 Å². The van der Waals surface area contributed by atoms with Gasteiger partial charge in [-0.25, -0.2) is 18.6 Å². The molecule has 1 unspecified atom stereocenters. The maximum atomic E-state index is 16.0. The third kappa shape index (κ3) is 6.16. The predicted molar refractivity (Wildman–Crippen MR) is 168 cm³/mol. The number of halogens is 2. The molecule has 5 aromatic rings. The van der Waals surface area contributed by atoms with Gasteiger partial charge in [0, 0.05) is 31.8 Å². The number of carboxylic acids is 1. The van der Waals surface area contributed by atoms with Crippen LogP contribution in [0.4, 0.5) is 8.78 Å². The Bertz CT molecular complexity index is 1860. The Balaban J connectivity index is 1.37. The molecule has 1 saturated carbocycles. The number of carbonyl (C=O) groups is 2. The second-order valence-electron chi connectivity index (χ2n) is 11.6. The lowest BCUT2D eigenvalue weighted by molar-refractivity contribution is 0.0696. The Morgan fingerprint density at radius 3 is 2.13 bits per heavy atom. The van der Waals surface area contributed by atoms with Gasteiger partial charge in [-0.05, 0) is 78.6 Å². The summed E-state index contributed by atoms with van der Waals surface area (Å²) in [5, 5.41) is 9.53. The van der Waals surface area contributed by atoms with Crippen LogP contribution in [0, 0.1) is 11.6 Å². The topological polar surface area (TPSA) is 84.7 Å². The Morgan fingerprint density at radius 1 is 0.867 bits per heavy atom. The number of ether oxygens (including phenoxy) is 1. The molecule has 1 N–H and O–H groups in total. The standard InChI is InChI=1S/C36H33F2N3O4/c1-40(2)35(42)24-10-8-22(9-11-24)33(23-12-15-26(37)16-13-23)45-28-17-18-29(30(38)21-28)34-39-31-20-25(36(43)44)14-19-32(31)41(34)27-6-4-3-5-7-27/h8-21,27,33H,3-7H2,1-2H3,(H,43,44). The van der Waals surface area contributed by atoms with E-state index in [-0.39, 0.29) is 28.8 Å². The fraction of sp³-hybridized carbons (Fsp3) is 0.250. The first-order valence-corrected chi connectivity index (χ1v) is 15.0. The van der Waals surface area contributed by atoms with E-state index in [1.165, 1.54) is 29.2 Å². The molecule has 0 spiro atoms. The predicted octanol–water partition coefficient (Wildman–Crippen LogP) is 8.06. The quantitative estimate of drug-likeness (QED) is 0.192. The molecule has 1 fully saturated rings. The van der Waals surface area contributed by atoms with Crippen LogP contribution in [-0.4, -0.2) is 45.5 Å². The van der Waals surface area contributed by atoms with Crippen LogP contribution in [0.3, 0.4) is 0 Å². The number of imidazole rings is 1. The molecule has 1 aliphatic carbocycles. The summed E-state index contributed by atoms with van der Waals surface area (Å²) in [4.78, 5) is 30.3. The zero-order valence-electron chi connectivity index (χ0n) is 25.0. The summed E-state index contributed by atoms with van der Waals surface area (Å²) in [5.41, 5.74) is 3.55. The number of fused-ring (bicyclic) bond motifs is 1. The Kier molecular flexibility index (Phi) is 8.34. The summed E-state index contributed by atoms with van der Waals surface area (Å²) in [7, 11) is 3.35. The number of nitrogens with zero attached hydrogens (tertiary/aromatic N) is 3. The van der Waals surface area contributed by atoms with E-state index >= 15 is 4.39 Å². The minimum Gasteiger partial charge on any atom is -0.481 e. The van der Waals surface area contributed by atoms with E-state index in [4.69, 9.17) is 9.72 Å². The number of aromatic carboxylic acids is 1. The van der Waals surface area contributed by atoms with Gasteiger partial charge in [0.2, 0.25) is 0 Å². The summed E-state index contributed by atoms with van der Waals surface area (Å²) < 4.78 is 38.2. The van der Waals surface area contributed by atoms with Crippen molar-refractivity contribution in [2.45, 2.75) is 44.2 Å². The summed E-state index contributed by atoms with van der Waals surface area (Å²) in [6, 6.07) is 22.4. The van der Waals surface area contributed by atoms with Crippen LogP contribution in [0.5, 0.6) is 5.75 Å². The second-order valence-corrected chi connectivity index (χ2v) is 11.6. The molecule has 1 atom stereocenters. The van der Waals surface area contributed by atoms with Crippen LogP contribution >= 0.6 is 0 Å². The Hall–Kier alpha value is -5.05. The van der Waals surface area contributed by atoms with Crippen LogP contribution < -0.4 is 4.74 Å². The summed E-state index contributed by atoms with van der Waals surface area (Å²) in [6.45, 7) is 0. The molecule has 7 nitrogen and oxygen atoms in total. The molecule has 230 valence electrons. The summed E-state index contributed by atoms with van der Waals surface area (Å²) in [5.74, 6) is -1.42. The van der Waals surface area contributed by atoms with Gasteiger partial charge in [0.25, 0.3) is 5.91 Å². The normalized spacial score (nSPS) is 14.3. The third-order valence-electron chi connectivity index (χ3n) is 8.35. The maximum Gasteiger partial charge on any atom is 0.335 e. The van der Waals surface area contributed by atoms with Crippen LogP contribution in [0.15, 0.2) is 84.9 Å². The van der Waals surface area contributed by atoms with Crippen molar-refractivity contribution in [1.29, 1.82) is 0 Å². The molecule has 1 heterocycles. The zero-order chi connectivity index (χ0) is 31.7. The van der Waals surface area contributed by atoms with Gasteiger partial charge in [-0.3, -0.25) is 4.79 Å². The number of amides is 1. The highest BCUT2D eigenvalue weighted by Gasteiger charge is 2.25. The van der Waals surface area contributed by atoms with Crippen molar-refractivity contribution < 1.29 is 28.2 Å². The Morgan fingerprint density at radius 2 is 1.51 bits per heavy atom. The Labute approximate surface area is 259 Å². The van der Waals surface area contributed by atoms with Crippen molar-refractivity contribution in [3.63, 3.8) is 0 Å². The number of aromatic nitrogens is 2. The van der Waals surface area contributed by atoms with E-state index in [9.17, 15) is 19.1 Å². The monoisotopic (exact) mass is 609 g/mol. The first kappa shape index (κ1) is 30.0. The minimum absolute atomic E-state index is 0.120. The van der Waals surface area contributed by atoms with E-state index in [0.29, 0.717) is 28.0 Å². The molecular formula is C36H33F2N3O4. The van der Waals surface area contributed by atoms with Gasteiger partial charge in [0.1, 0.15) is 29.3 Å². The number of hydrogen-bond donors (Lipinski definition) is 1. The van der Waals surface area contributed by atoms with E-state index in [1.54, 1.807) is 74.8 Å². The SMILES string of the molecule is CN(C)C(=O)c1ccc(C(Oc2ccc(-c3nc4cc(C(=O)O)ccc4n3C3CCCCC3)c(F)c2)c2ccc(F)cc2)cc1. The van der Waals surface area contributed by atoms with Gasteiger partial charge < -0.3 is 19.3 Å². The van der Waals surface area contributed by atoms with Crippen molar-refractivity contribution in [2.24, 2.45) is 0 Å².